The molecule has 10 nitrogen and oxygen atoms in total. The van der Waals surface area contributed by atoms with E-state index in [9.17, 15) is 9.59 Å². The van der Waals surface area contributed by atoms with Crippen LogP contribution in [0.4, 0.5) is 4.79 Å². The van der Waals surface area contributed by atoms with Crippen molar-refractivity contribution in [3.05, 3.63) is 40.7 Å². The molecule has 1 fully saturated rings. The van der Waals surface area contributed by atoms with E-state index in [4.69, 9.17) is 21.1 Å². The minimum atomic E-state index is -0.500. The highest BCUT2D eigenvalue weighted by molar-refractivity contribution is 6.30. The highest BCUT2D eigenvalue weighted by Crippen LogP contribution is 2.33. The van der Waals surface area contributed by atoms with E-state index < -0.39 is 5.60 Å². The highest BCUT2D eigenvalue weighted by Gasteiger charge is 2.27. The van der Waals surface area contributed by atoms with Gasteiger partial charge in [-0.05, 0) is 39.0 Å². The second-order valence-corrected chi connectivity index (χ2v) is 10.0. The van der Waals surface area contributed by atoms with Crippen LogP contribution in [0.2, 0.25) is 5.02 Å². The lowest BCUT2D eigenvalue weighted by atomic mass is 10.0. The standard InChI is InChI=1S/C23H31ClN6O4.ClH/c1-23(2,3)34-22(32)29-9-7-28(8-10-29)13-17-14-30(27-26-17)15-21(31)25-19-6-11-33-20-5-4-16(24)12-18(19)20;/h4-5,12,14,19H,6-11,13,15H2,1-3H3,(H,25,31);1H. The molecule has 35 heavy (non-hydrogen) atoms. The fraction of sp³-hybridized carbons (Fsp3) is 0.565. The zero-order valence-electron chi connectivity index (χ0n) is 20.2. The lowest BCUT2D eigenvalue weighted by Crippen LogP contribution is -2.49. The van der Waals surface area contributed by atoms with Crippen LogP contribution in [0.3, 0.4) is 0 Å². The summed E-state index contributed by atoms with van der Waals surface area (Å²) in [5.41, 5.74) is 1.17. The molecule has 1 unspecified atom stereocenters. The Kier molecular flexibility index (Phi) is 8.84. The molecule has 1 N–H and O–H groups in total. The SMILES string of the molecule is CC(C)(C)OC(=O)N1CCN(Cc2cn(CC(=O)NC3CCOc4ccc(Cl)cc43)nn2)CC1.Cl. The van der Waals surface area contributed by atoms with Gasteiger partial charge in [-0.2, -0.15) is 0 Å². The van der Waals surface area contributed by atoms with Crippen molar-refractivity contribution < 1.29 is 19.1 Å². The first-order valence-electron chi connectivity index (χ1n) is 11.5. The molecule has 0 saturated carbocycles. The molecular weight excluding hydrogens is 495 g/mol. The molecule has 1 aromatic carbocycles. The fourth-order valence-electron chi connectivity index (χ4n) is 4.03. The van der Waals surface area contributed by atoms with Crippen LogP contribution in [0.1, 0.15) is 44.5 Å². The predicted octanol–water partition coefficient (Wildman–Crippen LogP) is 3.05. The molecule has 0 bridgehead atoms. The third kappa shape index (κ3) is 7.46. The summed E-state index contributed by atoms with van der Waals surface area (Å²) >= 11 is 6.12. The molecule has 0 aliphatic carbocycles. The monoisotopic (exact) mass is 526 g/mol. The number of ether oxygens (including phenoxy) is 2. The van der Waals surface area contributed by atoms with Crippen molar-refractivity contribution in [2.45, 2.75) is 51.9 Å². The fourth-order valence-corrected chi connectivity index (χ4v) is 4.22. The summed E-state index contributed by atoms with van der Waals surface area (Å²) in [4.78, 5) is 28.8. The number of nitrogens with zero attached hydrogens (tertiary/aromatic N) is 5. The molecule has 3 heterocycles. The summed E-state index contributed by atoms with van der Waals surface area (Å²) in [5, 5.41) is 12.0. The zero-order chi connectivity index (χ0) is 24.3. The van der Waals surface area contributed by atoms with Gasteiger partial charge in [-0.3, -0.25) is 9.69 Å². The van der Waals surface area contributed by atoms with E-state index in [1.54, 1.807) is 21.8 Å². The van der Waals surface area contributed by atoms with Crippen LogP contribution in [0, 0.1) is 0 Å². The zero-order valence-corrected chi connectivity index (χ0v) is 21.8. The van der Waals surface area contributed by atoms with E-state index in [0.29, 0.717) is 37.7 Å². The smallest absolute Gasteiger partial charge is 0.410 e. The van der Waals surface area contributed by atoms with Gasteiger partial charge in [0.1, 0.15) is 17.9 Å². The number of carbonyl (C=O) groups excluding carboxylic acids is 2. The summed E-state index contributed by atoms with van der Waals surface area (Å²) in [5.74, 6) is 0.594. The number of nitrogens with one attached hydrogen (secondary N) is 1. The quantitative estimate of drug-likeness (QED) is 0.638. The second-order valence-electron chi connectivity index (χ2n) is 9.59. The molecule has 2 aliphatic heterocycles. The third-order valence-electron chi connectivity index (χ3n) is 5.65. The normalized spacial score (nSPS) is 18.2. The van der Waals surface area contributed by atoms with Gasteiger partial charge in [0.25, 0.3) is 0 Å². The van der Waals surface area contributed by atoms with Gasteiger partial charge in [0.15, 0.2) is 0 Å². The van der Waals surface area contributed by atoms with Crippen molar-refractivity contribution in [2.24, 2.45) is 0 Å². The summed E-state index contributed by atoms with van der Waals surface area (Å²) in [6, 6.07) is 5.28. The molecule has 192 valence electrons. The maximum atomic E-state index is 12.6. The van der Waals surface area contributed by atoms with E-state index in [1.165, 1.54) is 0 Å². The van der Waals surface area contributed by atoms with Gasteiger partial charge >= 0.3 is 6.09 Å². The number of aromatic nitrogens is 3. The Hall–Kier alpha value is -2.56. The van der Waals surface area contributed by atoms with Crippen LogP contribution in [0.25, 0.3) is 0 Å². The number of piperazine rings is 1. The van der Waals surface area contributed by atoms with Crippen molar-refractivity contribution in [3.8, 4) is 5.75 Å². The number of benzene rings is 1. The Morgan fingerprint density at radius 3 is 2.69 bits per heavy atom. The Morgan fingerprint density at radius 1 is 1.23 bits per heavy atom. The van der Waals surface area contributed by atoms with Crippen LogP contribution in [0.15, 0.2) is 24.4 Å². The summed E-state index contributed by atoms with van der Waals surface area (Å²) in [6.07, 6.45) is 2.18. The van der Waals surface area contributed by atoms with Gasteiger partial charge in [0.2, 0.25) is 5.91 Å². The van der Waals surface area contributed by atoms with Crippen LogP contribution in [0.5, 0.6) is 5.75 Å². The van der Waals surface area contributed by atoms with E-state index in [2.05, 4.69) is 20.5 Å². The van der Waals surface area contributed by atoms with E-state index in [1.807, 2.05) is 32.9 Å². The van der Waals surface area contributed by atoms with Gasteiger partial charge in [0.05, 0.1) is 24.5 Å². The maximum absolute atomic E-state index is 12.6. The Bertz CT molecular complexity index is 1030. The number of amides is 2. The first-order chi connectivity index (χ1) is 16.2. The number of fused-ring (bicyclic) bond motifs is 1. The largest absolute Gasteiger partial charge is 0.493 e. The Labute approximate surface area is 216 Å². The molecule has 2 amide bonds. The molecule has 1 atom stereocenters. The lowest BCUT2D eigenvalue weighted by Gasteiger charge is -2.35. The number of hydrogen-bond acceptors (Lipinski definition) is 7. The lowest BCUT2D eigenvalue weighted by molar-refractivity contribution is -0.122. The highest BCUT2D eigenvalue weighted by atomic mass is 35.5. The maximum Gasteiger partial charge on any atom is 0.410 e. The Balaban J connectivity index is 0.00000342. The van der Waals surface area contributed by atoms with Gasteiger partial charge in [-0.15, -0.1) is 17.5 Å². The molecule has 12 heteroatoms. The second kappa shape index (κ2) is 11.5. The summed E-state index contributed by atoms with van der Waals surface area (Å²) < 4.78 is 12.6. The third-order valence-corrected chi connectivity index (χ3v) is 5.88. The predicted molar refractivity (Wildman–Crippen MR) is 133 cm³/mol. The van der Waals surface area contributed by atoms with Crippen LogP contribution < -0.4 is 10.1 Å². The van der Waals surface area contributed by atoms with Crippen molar-refractivity contribution >= 4 is 36.0 Å². The molecule has 0 spiro atoms. The number of hydrogen-bond donors (Lipinski definition) is 1. The number of halogens is 2. The van der Waals surface area contributed by atoms with E-state index >= 15 is 0 Å². The van der Waals surface area contributed by atoms with E-state index in [-0.39, 0.29) is 37.0 Å². The molecule has 1 saturated heterocycles. The summed E-state index contributed by atoms with van der Waals surface area (Å²) in [7, 11) is 0. The van der Waals surface area contributed by atoms with Crippen molar-refractivity contribution in [2.75, 3.05) is 32.8 Å². The molecular formula is C23H32Cl2N6O4. The van der Waals surface area contributed by atoms with Crippen molar-refractivity contribution in [1.82, 2.24) is 30.1 Å². The van der Waals surface area contributed by atoms with E-state index in [0.717, 1.165) is 30.1 Å². The molecule has 4 rings (SSSR count). The van der Waals surface area contributed by atoms with Crippen molar-refractivity contribution in [1.29, 1.82) is 0 Å². The average molecular weight is 527 g/mol. The first kappa shape index (κ1) is 27.0. The van der Waals surface area contributed by atoms with Crippen LogP contribution in [-0.2, 0) is 22.6 Å². The number of carbonyl (C=O) groups is 2. The van der Waals surface area contributed by atoms with Crippen LogP contribution in [-0.4, -0.2) is 75.2 Å². The minimum Gasteiger partial charge on any atom is -0.493 e. The molecule has 0 radical (unpaired) electrons. The topological polar surface area (TPSA) is 102 Å². The summed E-state index contributed by atoms with van der Waals surface area (Å²) in [6.45, 7) is 9.45. The molecule has 1 aromatic heterocycles. The first-order valence-corrected chi connectivity index (χ1v) is 11.8. The molecule has 2 aliphatic rings. The average Bonchev–Trinajstić information content (AvgIpc) is 3.20. The van der Waals surface area contributed by atoms with Crippen LogP contribution >= 0.6 is 24.0 Å². The number of rotatable bonds is 5. The van der Waals surface area contributed by atoms with Gasteiger partial charge in [-0.1, -0.05) is 16.8 Å². The van der Waals surface area contributed by atoms with Gasteiger partial charge in [-0.25, -0.2) is 9.48 Å². The van der Waals surface area contributed by atoms with Gasteiger partial charge < -0.3 is 19.7 Å². The minimum absolute atomic E-state index is 0. The Morgan fingerprint density at radius 2 is 1.97 bits per heavy atom. The molecule has 2 aromatic rings. The van der Waals surface area contributed by atoms with Gasteiger partial charge in [0, 0.05) is 49.7 Å². The van der Waals surface area contributed by atoms with Crippen molar-refractivity contribution in [3.63, 3.8) is 0 Å².